The molecule has 1 atom stereocenters. The Morgan fingerprint density at radius 1 is 1.30 bits per heavy atom. The predicted octanol–water partition coefficient (Wildman–Crippen LogP) is 2.72. The lowest BCUT2D eigenvalue weighted by Crippen LogP contribution is -2.36. The summed E-state index contributed by atoms with van der Waals surface area (Å²) in [6, 6.07) is 6.57. The number of nitrogens with one attached hydrogen (secondary N) is 1. The van der Waals surface area contributed by atoms with Gasteiger partial charge in [-0.3, -0.25) is 0 Å². The summed E-state index contributed by atoms with van der Waals surface area (Å²) in [4.78, 5) is 2.32. The van der Waals surface area contributed by atoms with Gasteiger partial charge in [0.25, 0.3) is 0 Å². The second-order valence-electron chi connectivity index (χ2n) is 5.80. The minimum absolute atomic E-state index is 0.758. The van der Waals surface area contributed by atoms with E-state index in [0.29, 0.717) is 0 Å². The van der Waals surface area contributed by atoms with Gasteiger partial charge in [-0.05, 0) is 56.0 Å². The van der Waals surface area contributed by atoms with Crippen LogP contribution in [0.3, 0.4) is 0 Å². The fourth-order valence-electron chi connectivity index (χ4n) is 3.17. The van der Waals surface area contributed by atoms with Gasteiger partial charge in [-0.2, -0.15) is 0 Å². The van der Waals surface area contributed by atoms with Crippen molar-refractivity contribution in [3.05, 3.63) is 28.8 Å². The Labute approximate surface area is 126 Å². The number of halogens is 1. The molecule has 1 unspecified atom stereocenters. The maximum Gasteiger partial charge on any atom is 0.0642 e. The molecule has 2 heterocycles. The van der Waals surface area contributed by atoms with Crippen LogP contribution in [0, 0.1) is 5.92 Å². The summed E-state index contributed by atoms with van der Waals surface area (Å²) in [5.74, 6) is 0.758. The molecule has 3 nitrogen and oxygen atoms in total. The molecule has 0 spiro atoms. The zero-order valence-electron chi connectivity index (χ0n) is 11.9. The van der Waals surface area contributed by atoms with Crippen molar-refractivity contribution in [2.24, 2.45) is 5.92 Å². The number of anilines is 1. The number of morpholine rings is 1. The summed E-state index contributed by atoms with van der Waals surface area (Å²) >= 11 is 6.48. The standard InChI is InChI=1S/C16H23ClN2O/c17-15-11-13(10-14-2-1-5-18-12-14)3-4-16(15)19-6-8-20-9-7-19/h3-4,11,14,18H,1-2,5-10,12H2. The quantitative estimate of drug-likeness (QED) is 0.928. The highest BCUT2D eigenvalue weighted by molar-refractivity contribution is 6.33. The van der Waals surface area contributed by atoms with Crippen molar-refractivity contribution in [2.75, 3.05) is 44.3 Å². The van der Waals surface area contributed by atoms with E-state index in [0.717, 1.165) is 55.9 Å². The number of benzene rings is 1. The zero-order valence-corrected chi connectivity index (χ0v) is 12.7. The van der Waals surface area contributed by atoms with Crippen LogP contribution in [0.15, 0.2) is 18.2 Å². The van der Waals surface area contributed by atoms with Gasteiger partial charge in [0.1, 0.15) is 0 Å². The molecule has 0 amide bonds. The van der Waals surface area contributed by atoms with Crippen LogP contribution in [0.4, 0.5) is 5.69 Å². The molecule has 2 aliphatic heterocycles. The molecule has 1 aromatic rings. The molecule has 1 aromatic carbocycles. The average Bonchev–Trinajstić information content (AvgIpc) is 2.49. The second kappa shape index (κ2) is 6.79. The van der Waals surface area contributed by atoms with E-state index in [9.17, 15) is 0 Å². The lowest BCUT2D eigenvalue weighted by molar-refractivity contribution is 0.122. The molecular weight excluding hydrogens is 272 g/mol. The lowest BCUT2D eigenvalue weighted by Gasteiger charge is -2.30. The summed E-state index contributed by atoms with van der Waals surface area (Å²) in [6.45, 7) is 5.78. The Kier molecular flexibility index (Phi) is 4.81. The molecule has 2 saturated heterocycles. The number of nitrogens with zero attached hydrogens (tertiary/aromatic N) is 1. The van der Waals surface area contributed by atoms with Crippen molar-refractivity contribution in [3.8, 4) is 0 Å². The van der Waals surface area contributed by atoms with Crippen LogP contribution in [-0.2, 0) is 11.2 Å². The van der Waals surface area contributed by atoms with Crippen LogP contribution >= 0.6 is 11.6 Å². The first-order valence-electron chi connectivity index (χ1n) is 7.65. The van der Waals surface area contributed by atoms with E-state index < -0.39 is 0 Å². The smallest absolute Gasteiger partial charge is 0.0642 e. The Bertz CT molecular complexity index is 440. The van der Waals surface area contributed by atoms with Crippen molar-refractivity contribution in [2.45, 2.75) is 19.3 Å². The van der Waals surface area contributed by atoms with Crippen molar-refractivity contribution < 1.29 is 4.74 Å². The number of piperidine rings is 1. The first-order valence-corrected chi connectivity index (χ1v) is 8.02. The van der Waals surface area contributed by atoms with Gasteiger partial charge in [0.05, 0.1) is 23.9 Å². The summed E-state index contributed by atoms with van der Waals surface area (Å²) in [6.07, 6.45) is 3.76. The number of hydrogen-bond donors (Lipinski definition) is 1. The second-order valence-corrected chi connectivity index (χ2v) is 6.21. The van der Waals surface area contributed by atoms with E-state index in [2.05, 4.69) is 28.4 Å². The molecular formula is C16H23ClN2O. The molecule has 110 valence electrons. The van der Waals surface area contributed by atoms with Gasteiger partial charge in [-0.15, -0.1) is 0 Å². The molecule has 0 aromatic heterocycles. The van der Waals surface area contributed by atoms with E-state index in [4.69, 9.17) is 16.3 Å². The third-order valence-electron chi connectivity index (χ3n) is 4.29. The van der Waals surface area contributed by atoms with E-state index in [1.807, 2.05) is 0 Å². The van der Waals surface area contributed by atoms with E-state index >= 15 is 0 Å². The molecule has 0 radical (unpaired) electrons. The molecule has 0 saturated carbocycles. The first kappa shape index (κ1) is 14.2. The molecule has 1 N–H and O–H groups in total. The summed E-state index contributed by atoms with van der Waals surface area (Å²) in [5, 5.41) is 4.36. The summed E-state index contributed by atoms with van der Waals surface area (Å²) in [5.41, 5.74) is 2.51. The molecule has 3 rings (SSSR count). The van der Waals surface area contributed by atoms with Crippen molar-refractivity contribution >= 4 is 17.3 Å². The predicted molar refractivity (Wildman–Crippen MR) is 83.8 cm³/mol. The highest BCUT2D eigenvalue weighted by Gasteiger charge is 2.17. The summed E-state index contributed by atoms with van der Waals surface area (Å²) in [7, 11) is 0. The van der Waals surface area contributed by atoms with Gasteiger partial charge < -0.3 is 15.0 Å². The fourth-order valence-corrected chi connectivity index (χ4v) is 3.49. The highest BCUT2D eigenvalue weighted by Crippen LogP contribution is 2.29. The number of hydrogen-bond acceptors (Lipinski definition) is 3. The molecule has 0 bridgehead atoms. The van der Waals surface area contributed by atoms with Crippen LogP contribution < -0.4 is 10.2 Å². The minimum Gasteiger partial charge on any atom is -0.378 e. The number of ether oxygens (including phenoxy) is 1. The normalized spacial score (nSPS) is 23.9. The Morgan fingerprint density at radius 3 is 2.85 bits per heavy atom. The molecule has 20 heavy (non-hydrogen) atoms. The van der Waals surface area contributed by atoms with Crippen molar-refractivity contribution in [3.63, 3.8) is 0 Å². The van der Waals surface area contributed by atoms with Gasteiger partial charge in [-0.1, -0.05) is 17.7 Å². The van der Waals surface area contributed by atoms with Crippen LogP contribution in [0.5, 0.6) is 0 Å². The zero-order chi connectivity index (χ0) is 13.8. The Balaban J connectivity index is 1.66. The molecule has 4 heteroatoms. The van der Waals surface area contributed by atoms with Crippen LogP contribution in [0.1, 0.15) is 18.4 Å². The SMILES string of the molecule is Clc1cc(CC2CCCNC2)ccc1N1CCOCC1. The average molecular weight is 295 g/mol. The van der Waals surface area contributed by atoms with Crippen LogP contribution in [0.25, 0.3) is 0 Å². The van der Waals surface area contributed by atoms with Gasteiger partial charge in [0, 0.05) is 13.1 Å². The van der Waals surface area contributed by atoms with Gasteiger partial charge in [0.2, 0.25) is 0 Å². The highest BCUT2D eigenvalue weighted by atomic mass is 35.5. The molecule has 2 aliphatic rings. The van der Waals surface area contributed by atoms with Crippen LogP contribution in [0.2, 0.25) is 5.02 Å². The van der Waals surface area contributed by atoms with Gasteiger partial charge >= 0.3 is 0 Å². The van der Waals surface area contributed by atoms with Gasteiger partial charge in [0.15, 0.2) is 0 Å². The van der Waals surface area contributed by atoms with E-state index in [-0.39, 0.29) is 0 Å². The van der Waals surface area contributed by atoms with Gasteiger partial charge in [-0.25, -0.2) is 0 Å². The third kappa shape index (κ3) is 3.46. The summed E-state index contributed by atoms with van der Waals surface area (Å²) < 4.78 is 5.39. The number of rotatable bonds is 3. The lowest BCUT2D eigenvalue weighted by atomic mass is 9.92. The first-order chi connectivity index (χ1) is 9.83. The Hall–Kier alpha value is -0.770. The Morgan fingerprint density at radius 2 is 2.15 bits per heavy atom. The monoisotopic (exact) mass is 294 g/mol. The largest absolute Gasteiger partial charge is 0.378 e. The minimum atomic E-state index is 0.758. The van der Waals surface area contributed by atoms with Crippen molar-refractivity contribution in [1.82, 2.24) is 5.32 Å². The van der Waals surface area contributed by atoms with Crippen molar-refractivity contribution in [1.29, 1.82) is 0 Å². The fraction of sp³-hybridized carbons (Fsp3) is 0.625. The maximum absolute atomic E-state index is 6.48. The van der Waals surface area contributed by atoms with E-state index in [1.54, 1.807) is 0 Å². The third-order valence-corrected chi connectivity index (χ3v) is 4.59. The molecule has 0 aliphatic carbocycles. The van der Waals surface area contributed by atoms with Crippen LogP contribution in [-0.4, -0.2) is 39.4 Å². The molecule has 2 fully saturated rings. The topological polar surface area (TPSA) is 24.5 Å². The van der Waals surface area contributed by atoms with E-state index in [1.165, 1.54) is 24.9 Å². The maximum atomic E-state index is 6.48.